The van der Waals surface area contributed by atoms with Crippen molar-refractivity contribution in [1.29, 1.82) is 0 Å². The van der Waals surface area contributed by atoms with Gasteiger partial charge < -0.3 is 10.2 Å². The number of aliphatic imine (C=N–C) groups is 1. The fourth-order valence-electron chi connectivity index (χ4n) is 2.27. The molecule has 0 aromatic carbocycles. The molecule has 2 saturated heterocycles. The van der Waals surface area contributed by atoms with Crippen molar-refractivity contribution in [2.45, 2.75) is 24.8 Å². The van der Waals surface area contributed by atoms with Crippen molar-refractivity contribution >= 4 is 11.9 Å². The molecule has 0 saturated carbocycles. The van der Waals surface area contributed by atoms with Crippen LogP contribution in [-0.2, 0) is 4.79 Å². The summed E-state index contributed by atoms with van der Waals surface area (Å²) in [5.41, 5.74) is -0.403. The Bertz CT molecular complexity index is 302. The van der Waals surface area contributed by atoms with Gasteiger partial charge in [-0.05, 0) is 32.9 Å². The largest absolute Gasteiger partial charge is 0.342 e. The topological polar surface area (TPSA) is 56.7 Å². The number of carbonyl (C=O) groups excluding carboxylic acids is 1. The minimum atomic E-state index is -0.403. The molecule has 0 aromatic rings. The first-order chi connectivity index (χ1) is 7.16. The number of nitrogens with one attached hydrogen (secondary N) is 2. The molecule has 0 aliphatic carbocycles. The highest BCUT2D eigenvalue weighted by molar-refractivity contribution is 6.09. The maximum absolute atomic E-state index is 11.9. The van der Waals surface area contributed by atoms with Gasteiger partial charge in [0.2, 0.25) is 0 Å². The number of guanidine groups is 1. The average Bonchev–Trinajstić information content (AvgIpc) is 2.40. The van der Waals surface area contributed by atoms with E-state index in [1.165, 1.54) is 0 Å². The number of hydrogen-bond acceptors (Lipinski definition) is 3. The zero-order chi connectivity index (χ0) is 10.9. The van der Waals surface area contributed by atoms with Gasteiger partial charge in [-0.1, -0.05) is 0 Å². The Morgan fingerprint density at radius 1 is 1.40 bits per heavy atom. The zero-order valence-corrected chi connectivity index (χ0v) is 9.34. The summed E-state index contributed by atoms with van der Waals surface area (Å²) in [5, 5.41) is 6.02. The molecule has 5 nitrogen and oxygen atoms in total. The fraction of sp³-hybridized carbons (Fsp3) is 0.800. The Kier molecular flexibility index (Phi) is 2.65. The van der Waals surface area contributed by atoms with E-state index in [9.17, 15) is 4.79 Å². The van der Waals surface area contributed by atoms with Crippen LogP contribution in [0.4, 0.5) is 0 Å². The number of likely N-dealkylation sites (tertiary alicyclic amines) is 1. The van der Waals surface area contributed by atoms with E-state index >= 15 is 0 Å². The minimum absolute atomic E-state index is 0.0819. The maximum Gasteiger partial charge on any atom is 0.252 e. The molecule has 5 heteroatoms. The number of nitrogens with zero attached hydrogens (tertiary/aromatic N) is 2. The first kappa shape index (κ1) is 10.4. The molecule has 84 valence electrons. The van der Waals surface area contributed by atoms with Crippen LogP contribution in [0.2, 0.25) is 0 Å². The van der Waals surface area contributed by atoms with E-state index in [0.717, 1.165) is 32.4 Å². The molecule has 2 N–H and O–H groups in total. The summed E-state index contributed by atoms with van der Waals surface area (Å²) in [5.74, 6) is 0.697. The highest BCUT2D eigenvalue weighted by Crippen LogP contribution is 2.24. The van der Waals surface area contributed by atoms with E-state index < -0.39 is 5.54 Å². The van der Waals surface area contributed by atoms with Gasteiger partial charge in [0.15, 0.2) is 5.96 Å². The molecule has 1 unspecified atom stereocenters. The SMILES string of the molecule is CN=C1NC(=O)C2(CCCN(C)CC2)N1. The molecule has 2 aliphatic rings. The number of hydrogen-bond donors (Lipinski definition) is 2. The molecule has 2 heterocycles. The average molecular weight is 210 g/mol. The van der Waals surface area contributed by atoms with Crippen LogP contribution >= 0.6 is 0 Å². The molecule has 1 atom stereocenters. The Labute approximate surface area is 89.9 Å². The molecule has 2 rings (SSSR count). The second-order valence-corrected chi connectivity index (χ2v) is 4.39. The van der Waals surface area contributed by atoms with Crippen LogP contribution in [0.1, 0.15) is 19.3 Å². The van der Waals surface area contributed by atoms with Gasteiger partial charge in [-0.15, -0.1) is 0 Å². The van der Waals surface area contributed by atoms with Crippen molar-refractivity contribution in [2.75, 3.05) is 27.2 Å². The Morgan fingerprint density at radius 3 is 2.87 bits per heavy atom. The first-order valence-electron chi connectivity index (χ1n) is 5.41. The van der Waals surface area contributed by atoms with Crippen LogP contribution in [-0.4, -0.2) is 49.5 Å². The van der Waals surface area contributed by atoms with E-state index in [-0.39, 0.29) is 5.91 Å². The van der Waals surface area contributed by atoms with Gasteiger partial charge in [0, 0.05) is 13.6 Å². The van der Waals surface area contributed by atoms with Gasteiger partial charge in [0.25, 0.3) is 5.91 Å². The fourth-order valence-corrected chi connectivity index (χ4v) is 2.27. The second kappa shape index (κ2) is 3.81. The Hall–Kier alpha value is -1.10. The number of rotatable bonds is 0. The molecular weight excluding hydrogens is 192 g/mol. The minimum Gasteiger partial charge on any atom is -0.342 e. The quantitative estimate of drug-likeness (QED) is 0.569. The number of carbonyl (C=O) groups is 1. The van der Waals surface area contributed by atoms with E-state index in [4.69, 9.17) is 0 Å². The second-order valence-electron chi connectivity index (χ2n) is 4.39. The molecule has 2 aliphatic heterocycles. The van der Waals surface area contributed by atoms with Gasteiger partial charge in [0.1, 0.15) is 5.54 Å². The molecular formula is C10H18N4O. The van der Waals surface area contributed by atoms with Gasteiger partial charge in [-0.25, -0.2) is 0 Å². The van der Waals surface area contributed by atoms with Gasteiger partial charge in [0.05, 0.1) is 0 Å². The van der Waals surface area contributed by atoms with E-state index in [2.05, 4.69) is 27.6 Å². The van der Waals surface area contributed by atoms with Gasteiger partial charge in [-0.2, -0.15) is 0 Å². The predicted octanol–water partition coefficient (Wildman–Crippen LogP) is -0.454. The van der Waals surface area contributed by atoms with E-state index in [0.29, 0.717) is 5.96 Å². The smallest absolute Gasteiger partial charge is 0.252 e. The third kappa shape index (κ3) is 1.84. The summed E-state index contributed by atoms with van der Waals surface area (Å²) in [6.07, 6.45) is 2.80. The first-order valence-corrected chi connectivity index (χ1v) is 5.41. The van der Waals surface area contributed by atoms with E-state index in [1.54, 1.807) is 7.05 Å². The van der Waals surface area contributed by atoms with Gasteiger partial charge >= 0.3 is 0 Å². The molecule has 0 radical (unpaired) electrons. The lowest BCUT2D eigenvalue weighted by Gasteiger charge is -2.24. The van der Waals surface area contributed by atoms with Crippen LogP contribution in [0.5, 0.6) is 0 Å². The third-order valence-electron chi connectivity index (χ3n) is 3.31. The summed E-state index contributed by atoms with van der Waals surface area (Å²) in [6, 6.07) is 0. The van der Waals surface area contributed by atoms with E-state index in [1.807, 2.05) is 0 Å². The molecule has 1 spiro atoms. The standard InChI is InChI=1S/C10H18N4O/c1-11-9-12-8(15)10(13-9)4-3-6-14(2)7-5-10/h3-7H2,1-2H3,(H2,11,12,13,15). The van der Waals surface area contributed by atoms with Crippen LogP contribution < -0.4 is 10.6 Å². The van der Waals surface area contributed by atoms with Crippen molar-refractivity contribution in [1.82, 2.24) is 15.5 Å². The van der Waals surface area contributed by atoms with Crippen LogP contribution in [0.25, 0.3) is 0 Å². The van der Waals surface area contributed by atoms with Crippen molar-refractivity contribution < 1.29 is 4.79 Å². The van der Waals surface area contributed by atoms with Crippen LogP contribution in [0.15, 0.2) is 4.99 Å². The third-order valence-corrected chi connectivity index (χ3v) is 3.31. The Balaban J connectivity index is 2.15. The van der Waals surface area contributed by atoms with Gasteiger partial charge in [-0.3, -0.25) is 15.1 Å². The van der Waals surface area contributed by atoms with Crippen molar-refractivity contribution in [3.05, 3.63) is 0 Å². The summed E-state index contributed by atoms with van der Waals surface area (Å²) in [6.45, 7) is 2.02. The monoisotopic (exact) mass is 210 g/mol. The van der Waals surface area contributed by atoms with Crippen LogP contribution in [0, 0.1) is 0 Å². The number of amides is 1. The Morgan fingerprint density at radius 2 is 2.20 bits per heavy atom. The van der Waals surface area contributed by atoms with Crippen molar-refractivity contribution in [3.8, 4) is 0 Å². The lowest BCUT2D eigenvalue weighted by Crippen LogP contribution is -2.47. The normalized spacial score (nSPS) is 35.3. The summed E-state index contributed by atoms with van der Waals surface area (Å²) in [4.78, 5) is 18.2. The zero-order valence-electron chi connectivity index (χ0n) is 9.34. The van der Waals surface area contributed by atoms with Crippen molar-refractivity contribution in [2.24, 2.45) is 4.99 Å². The molecule has 1 amide bonds. The summed E-state index contributed by atoms with van der Waals surface area (Å²) < 4.78 is 0. The molecule has 15 heavy (non-hydrogen) atoms. The summed E-state index contributed by atoms with van der Waals surface area (Å²) in [7, 11) is 3.78. The highest BCUT2D eigenvalue weighted by Gasteiger charge is 2.45. The molecule has 2 fully saturated rings. The highest BCUT2D eigenvalue weighted by atomic mass is 16.2. The predicted molar refractivity (Wildman–Crippen MR) is 58.7 cm³/mol. The molecule has 0 bridgehead atoms. The summed E-state index contributed by atoms with van der Waals surface area (Å²) >= 11 is 0. The molecule has 0 aromatic heterocycles. The lowest BCUT2D eigenvalue weighted by atomic mass is 9.91. The van der Waals surface area contributed by atoms with Crippen molar-refractivity contribution in [3.63, 3.8) is 0 Å². The van der Waals surface area contributed by atoms with Crippen LogP contribution in [0.3, 0.4) is 0 Å². The lowest BCUT2D eigenvalue weighted by molar-refractivity contribution is -0.124. The maximum atomic E-state index is 11.9.